The predicted octanol–water partition coefficient (Wildman–Crippen LogP) is 1.43. The molecule has 0 saturated heterocycles. The monoisotopic (exact) mass is 206 g/mol. The third-order valence-corrected chi connectivity index (χ3v) is 2.15. The van der Waals surface area contributed by atoms with Crippen LogP contribution < -0.4 is 5.73 Å². The maximum absolute atomic E-state index is 13.6. The zero-order valence-corrected chi connectivity index (χ0v) is 8.26. The topological polar surface area (TPSA) is 56.7 Å². The van der Waals surface area contributed by atoms with Crippen molar-refractivity contribution in [2.75, 3.05) is 0 Å². The Morgan fingerprint density at radius 3 is 2.87 bits per heavy atom. The van der Waals surface area contributed by atoms with Gasteiger partial charge in [0.25, 0.3) is 0 Å². The lowest BCUT2D eigenvalue weighted by Gasteiger charge is -2.12. The number of aromatic nitrogens is 3. The Bertz CT molecular complexity index is 450. The minimum atomic E-state index is -0.384. The van der Waals surface area contributed by atoms with Crippen LogP contribution in [0.5, 0.6) is 0 Å². The van der Waals surface area contributed by atoms with Gasteiger partial charge in [-0.1, -0.05) is 6.07 Å². The van der Waals surface area contributed by atoms with Crippen molar-refractivity contribution in [2.24, 2.45) is 5.73 Å². The van der Waals surface area contributed by atoms with Crippen LogP contribution in [0, 0.1) is 5.82 Å². The molecule has 0 amide bonds. The van der Waals surface area contributed by atoms with Crippen LogP contribution in [0.1, 0.15) is 18.5 Å². The lowest BCUT2D eigenvalue weighted by Crippen LogP contribution is -2.12. The van der Waals surface area contributed by atoms with Gasteiger partial charge in [0.2, 0.25) is 0 Å². The third-order valence-electron chi connectivity index (χ3n) is 2.15. The molecular weight excluding hydrogens is 195 g/mol. The Kier molecular flexibility index (Phi) is 2.47. The van der Waals surface area contributed by atoms with E-state index in [1.165, 1.54) is 23.4 Å². The summed E-state index contributed by atoms with van der Waals surface area (Å²) in [7, 11) is 0. The quantitative estimate of drug-likeness (QED) is 0.808. The van der Waals surface area contributed by atoms with Gasteiger partial charge in [0.15, 0.2) is 0 Å². The molecule has 15 heavy (non-hydrogen) atoms. The second-order valence-electron chi connectivity index (χ2n) is 3.30. The average molecular weight is 206 g/mol. The Morgan fingerprint density at radius 2 is 2.27 bits per heavy atom. The minimum Gasteiger partial charge on any atom is -0.324 e. The maximum Gasteiger partial charge on any atom is 0.138 e. The van der Waals surface area contributed by atoms with E-state index in [2.05, 4.69) is 10.1 Å². The first-order chi connectivity index (χ1) is 7.20. The molecule has 0 spiro atoms. The second-order valence-corrected chi connectivity index (χ2v) is 3.30. The molecule has 0 bridgehead atoms. The van der Waals surface area contributed by atoms with Crippen molar-refractivity contribution in [1.82, 2.24) is 14.8 Å². The largest absolute Gasteiger partial charge is 0.324 e. The molecule has 0 saturated carbocycles. The van der Waals surface area contributed by atoms with E-state index in [-0.39, 0.29) is 11.9 Å². The summed E-state index contributed by atoms with van der Waals surface area (Å²) in [4.78, 5) is 3.82. The molecule has 0 aliphatic carbocycles. The van der Waals surface area contributed by atoms with Crippen LogP contribution in [-0.4, -0.2) is 14.8 Å². The molecule has 1 atom stereocenters. The summed E-state index contributed by atoms with van der Waals surface area (Å²) in [5, 5.41) is 3.95. The van der Waals surface area contributed by atoms with Crippen molar-refractivity contribution >= 4 is 0 Å². The highest BCUT2D eigenvalue weighted by Gasteiger charge is 2.13. The molecule has 1 aromatic carbocycles. The van der Waals surface area contributed by atoms with Gasteiger partial charge in [-0.3, -0.25) is 0 Å². The van der Waals surface area contributed by atoms with Crippen molar-refractivity contribution in [2.45, 2.75) is 13.0 Å². The van der Waals surface area contributed by atoms with Crippen LogP contribution in [0.3, 0.4) is 0 Å². The van der Waals surface area contributed by atoms with Gasteiger partial charge in [-0.25, -0.2) is 14.1 Å². The van der Waals surface area contributed by atoms with E-state index in [9.17, 15) is 4.39 Å². The van der Waals surface area contributed by atoms with Crippen LogP contribution in [0.4, 0.5) is 4.39 Å². The normalized spacial score (nSPS) is 12.7. The number of rotatable bonds is 2. The summed E-state index contributed by atoms with van der Waals surface area (Å²) in [6.45, 7) is 1.73. The summed E-state index contributed by atoms with van der Waals surface area (Å²) >= 11 is 0. The zero-order valence-electron chi connectivity index (χ0n) is 8.26. The van der Waals surface area contributed by atoms with Gasteiger partial charge in [-0.05, 0) is 19.1 Å². The van der Waals surface area contributed by atoms with Crippen molar-refractivity contribution in [3.63, 3.8) is 0 Å². The van der Waals surface area contributed by atoms with E-state index in [0.717, 1.165) is 0 Å². The number of hydrogen-bond acceptors (Lipinski definition) is 3. The molecule has 78 valence electrons. The number of halogens is 1. The highest BCUT2D eigenvalue weighted by atomic mass is 19.1. The fourth-order valence-electron chi connectivity index (χ4n) is 1.51. The van der Waals surface area contributed by atoms with Crippen molar-refractivity contribution in [3.05, 3.63) is 42.2 Å². The van der Waals surface area contributed by atoms with E-state index in [1.54, 1.807) is 19.1 Å². The molecule has 2 aromatic rings. The SMILES string of the molecule is CC(N)c1c(F)cccc1-n1cncn1. The summed E-state index contributed by atoms with van der Waals surface area (Å²) in [5.41, 5.74) is 6.79. The van der Waals surface area contributed by atoms with E-state index in [1.807, 2.05) is 0 Å². The molecular formula is C10H11FN4. The average Bonchev–Trinajstić information content (AvgIpc) is 2.69. The maximum atomic E-state index is 13.6. The van der Waals surface area contributed by atoms with Crippen LogP contribution in [-0.2, 0) is 0 Å². The molecule has 1 aromatic heterocycles. The minimum absolute atomic E-state index is 0.321. The van der Waals surface area contributed by atoms with Crippen LogP contribution in [0.2, 0.25) is 0 Å². The number of hydrogen-bond donors (Lipinski definition) is 1. The van der Waals surface area contributed by atoms with Crippen LogP contribution >= 0.6 is 0 Å². The molecule has 0 aliphatic heterocycles. The van der Waals surface area contributed by atoms with E-state index in [0.29, 0.717) is 11.3 Å². The first-order valence-corrected chi connectivity index (χ1v) is 4.59. The fourth-order valence-corrected chi connectivity index (χ4v) is 1.51. The summed E-state index contributed by atoms with van der Waals surface area (Å²) in [6.07, 6.45) is 2.91. The van der Waals surface area contributed by atoms with E-state index < -0.39 is 0 Å². The highest BCUT2D eigenvalue weighted by molar-refractivity contribution is 5.42. The predicted molar refractivity (Wildman–Crippen MR) is 53.9 cm³/mol. The summed E-state index contributed by atoms with van der Waals surface area (Å²) in [5.74, 6) is -0.321. The van der Waals surface area contributed by atoms with Crippen molar-refractivity contribution < 1.29 is 4.39 Å². The number of nitrogens with zero attached hydrogens (tertiary/aromatic N) is 3. The number of benzene rings is 1. The fraction of sp³-hybridized carbons (Fsp3) is 0.200. The van der Waals surface area contributed by atoms with Crippen LogP contribution in [0.25, 0.3) is 5.69 Å². The second kappa shape index (κ2) is 3.78. The molecule has 0 radical (unpaired) electrons. The Hall–Kier alpha value is -1.75. The molecule has 0 fully saturated rings. The Labute approximate surface area is 86.6 Å². The molecule has 2 N–H and O–H groups in total. The van der Waals surface area contributed by atoms with Gasteiger partial charge >= 0.3 is 0 Å². The van der Waals surface area contributed by atoms with Gasteiger partial charge in [-0.2, -0.15) is 5.10 Å². The first kappa shape index (κ1) is 9.79. The highest BCUT2D eigenvalue weighted by Crippen LogP contribution is 2.22. The number of nitrogens with two attached hydrogens (primary N) is 1. The molecule has 1 heterocycles. The molecule has 5 heteroatoms. The zero-order chi connectivity index (χ0) is 10.8. The van der Waals surface area contributed by atoms with Crippen LogP contribution in [0.15, 0.2) is 30.9 Å². The summed E-state index contributed by atoms with van der Waals surface area (Å²) < 4.78 is 15.1. The molecule has 1 unspecified atom stereocenters. The van der Waals surface area contributed by atoms with E-state index >= 15 is 0 Å². The summed E-state index contributed by atoms with van der Waals surface area (Å²) in [6, 6.07) is 4.39. The standard InChI is InChI=1S/C10H11FN4/c1-7(12)10-8(11)3-2-4-9(10)15-6-13-5-14-15/h2-7H,12H2,1H3. The van der Waals surface area contributed by atoms with Gasteiger partial charge in [-0.15, -0.1) is 0 Å². The molecule has 0 aliphatic rings. The van der Waals surface area contributed by atoms with Gasteiger partial charge in [0.05, 0.1) is 5.69 Å². The third kappa shape index (κ3) is 1.73. The smallest absolute Gasteiger partial charge is 0.138 e. The Balaban J connectivity index is 2.61. The lowest BCUT2D eigenvalue weighted by atomic mass is 10.1. The van der Waals surface area contributed by atoms with Crippen molar-refractivity contribution in [3.8, 4) is 5.69 Å². The molecule has 4 nitrogen and oxygen atoms in total. The van der Waals surface area contributed by atoms with Crippen molar-refractivity contribution in [1.29, 1.82) is 0 Å². The van der Waals surface area contributed by atoms with Gasteiger partial charge in [0.1, 0.15) is 18.5 Å². The molecule has 2 rings (SSSR count). The van der Waals surface area contributed by atoms with E-state index in [4.69, 9.17) is 5.73 Å². The first-order valence-electron chi connectivity index (χ1n) is 4.59. The Morgan fingerprint density at radius 1 is 1.47 bits per heavy atom. The lowest BCUT2D eigenvalue weighted by molar-refractivity contribution is 0.589. The van der Waals surface area contributed by atoms with Gasteiger partial charge in [0, 0.05) is 11.6 Å². The van der Waals surface area contributed by atoms with Gasteiger partial charge < -0.3 is 5.73 Å².